The van der Waals surface area contributed by atoms with Gasteiger partial charge in [0.1, 0.15) is 12.2 Å². The first-order chi connectivity index (χ1) is 9.70. The first kappa shape index (κ1) is 14.7. The van der Waals surface area contributed by atoms with Crippen LogP contribution in [-0.4, -0.2) is 26.3 Å². The fourth-order valence-electron chi connectivity index (χ4n) is 2.26. The third-order valence-corrected chi connectivity index (χ3v) is 3.16. The number of likely N-dealkylation sites (N-methyl/N-ethyl adjacent to an activating group) is 1. The summed E-state index contributed by atoms with van der Waals surface area (Å²) >= 11 is 0. The maximum absolute atomic E-state index is 4.41. The van der Waals surface area contributed by atoms with E-state index in [9.17, 15) is 0 Å². The minimum Gasteiger partial charge on any atom is -0.310 e. The van der Waals surface area contributed by atoms with Gasteiger partial charge in [0, 0.05) is 31.4 Å². The lowest BCUT2D eigenvalue weighted by Crippen LogP contribution is -2.25. The minimum atomic E-state index is 0.226. The summed E-state index contributed by atoms with van der Waals surface area (Å²) in [5, 5.41) is 7.82. The van der Waals surface area contributed by atoms with Crippen LogP contribution in [0, 0.1) is 5.92 Å². The van der Waals surface area contributed by atoms with Gasteiger partial charge in [0.2, 0.25) is 0 Å². The Morgan fingerprint density at radius 1 is 1.35 bits per heavy atom. The lowest BCUT2D eigenvalue weighted by molar-refractivity contribution is 0.446. The van der Waals surface area contributed by atoms with E-state index in [1.807, 2.05) is 16.9 Å². The van der Waals surface area contributed by atoms with Crippen molar-refractivity contribution < 1.29 is 0 Å². The number of aromatic nitrogens is 4. The summed E-state index contributed by atoms with van der Waals surface area (Å²) < 4.78 is 2.01. The van der Waals surface area contributed by atoms with Crippen molar-refractivity contribution >= 4 is 0 Å². The van der Waals surface area contributed by atoms with Crippen molar-refractivity contribution in [3.63, 3.8) is 0 Å². The van der Waals surface area contributed by atoms with Crippen molar-refractivity contribution in [1.82, 2.24) is 25.1 Å². The molecular formula is C15H23N5. The molecule has 0 spiro atoms. The number of pyridine rings is 1. The van der Waals surface area contributed by atoms with Crippen molar-refractivity contribution in [2.45, 2.75) is 39.8 Å². The molecule has 0 aromatic carbocycles. The molecule has 1 N–H and O–H groups in total. The van der Waals surface area contributed by atoms with Crippen LogP contribution in [-0.2, 0) is 13.0 Å². The van der Waals surface area contributed by atoms with Crippen LogP contribution in [0.1, 0.15) is 38.2 Å². The third kappa shape index (κ3) is 3.87. The highest BCUT2D eigenvalue weighted by Gasteiger charge is 2.15. The van der Waals surface area contributed by atoms with Gasteiger partial charge < -0.3 is 5.32 Å². The van der Waals surface area contributed by atoms with Gasteiger partial charge in [-0.3, -0.25) is 4.98 Å². The summed E-state index contributed by atoms with van der Waals surface area (Å²) in [7, 11) is 0. The molecule has 2 rings (SSSR count). The van der Waals surface area contributed by atoms with Gasteiger partial charge >= 0.3 is 0 Å². The van der Waals surface area contributed by atoms with Gasteiger partial charge in [-0.1, -0.05) is 26.8 Å². The first-order valence-electron chi connectivity index (χ1n) is 7.20. The molecule has 0 aliphatic rings. The van der Waals surface area contributed by atoms with E-state index >= 15 is 0 Å². The lowest BCUT2D eigenvalue weighted by Gasteiger charge is -2.18. The summed E-state index contributed by atoms with van der Waals surface area (Å²) in [5.74, 6) is 1.58. The fourth-order valence-corrected chi connectivity index (χ4v) is 2.26. The molecule has 0 fully saturated rings. The van der Waals surface area contributed by atoms with Crippen molar-refractivity contribution in [3.8, 4) is 0 Å². The van der Waals surface area contributed by atoms with Gasteiger partial charge in [-0.05, 0) is 24.1 Å². The molecule has 5 heteroatoms. The van der Waals surface area contributed by atoms with Crippen molar-refractivity contribution in [1.29, 1.82) is 0 Å². The standard InChI is InChI=1S/C15H23N5/c1-4-17-14(13-6-5-7-16-9-13)8-15-18-11-19-20(15)10-12(2)3/h5-7,9,11-12,14,17H,4,8,10H2,1-3H3. The molecule has 2 aromatic rings. The second kappa shape index (κ2) is 7.14. The van der Waals surface area contributed by atoms with Gasteiger partial charge in [0.15, 0.2) is 0 Å². The molecule has 0 amide bonds. The quantitative estimate of drug-likeness (QED) is 0.840. The van der Waals surface area contributed by atoms with Crippen LogP contribution in [0.15, 0.2) is 30.9 Å². The number of hydrogen-bond acceptors (Lipinski definition) is 4. The SMILES string of the molecule is CCNC(Cc1ncnn1CC(C)C)c1cccnc1. The molecule has 0 saturated heterocycles. The zero-order chi connectivity index (χ0) is 14.4. The van der Waals surface area contributed by atoms with Crippen molar-refractivity contribution in [2.75, 3.05) is 6.54 Å². The fraction of sp³-hybridized carbons (Fsp3) is 0.533. The molecule has 0 aliphatic heterocycles. The zero-order valence-electron chi connectivity index (χ0n) is 12.5. The zero-order valence-corrected chi connectivity index (χ0v) is 12.5. The lowest BCUT2D eigenvalue weighted by atomic mass is 10.1. The summed E-state index contributed by atoms with van der Waals surface area (Å²) in [6, 6.07) is 4.30. The molecule has 0 bridgehead atoms. The Bertz CT molecular complexity index is 506. The van der Waals surface area contributed by atoms with E-state index in [2.05, 4.69) is 47.2 Å². The minimum absolute atomic E-state index is 0.226. The predicted octanol–water partition coefficient (Wildman–Crippen LogP) is 2.22. The maximum Gasteiger partial charge on any atom is 0.138 e. The van der Waals surface area contributed by atoms with E-state index in [0.29, 0.717) is 5.92 Å². The molecule has 108 valence electrons. The van der Waals surface area contributed by atoms with Crippen LogP contribution in [0.25, 0.3) is 0 Å². The second-order valence-corrected chi connectivity index (χ2v) is 5.35. The van der Waals surface area contributed by atoms with Crippen LogP contribution >= 0.6 is 0 Å². The molecule has 0 radical (unpaired) electrons. The third-order valence-electron chi connectivity index (χ3n) is 3.16. The summed E-state index contributed by atoms with van der Waals surface area (Å²) in [4.78, 5) is 8.61. The molecule has 0 saturated carbocycles. The van der Waals surface area contributed by atoms with E-state index in [4.69, 9.17) is 0 Å². The smallest absolute Gasteiger partial charge is 0.138 e. The Morgan fingerprint density at radius 3 is 2.85 bits per heavy atom. The van der Waals surface area contributed by atoms with Gasteiger partial charge in [-0.15, -0.1) is 0 Å². The topological polar surface area (TPSA) is 55.6 Å². The average Bonchev–Trinajstić information content (AvgIpc) is 2.86. The number of rotatable bonds is 7. The van der Waals surface area contributed by atoms with Crippen LogP contribution in [0.5, 0.6) is 0 Å². The molecule has 2 aromatic heterocycles. The van der Waals surface area contributed by atoms with Gasteiger partial charge in [-0.2, -0.15) is 5.10 Å². The molecule has 0 aliphatic carbocycles. The summed E-state index contributed by atoms with van der Waals surface area (Å²) in [5.41, 5.74) is 1.19. The van der Waals surface area contributed by atoms with Crippen LogP contribution in [0.4, 0.5) is 0 Å². The van der Waals surface area contributed by atoms with E-state index in [0.717, 1.165) is 25.3 Å². The van der Waals surface area contributed by atoms with Crippen LogP contribution in [0.2, 0.25) is 0 Å². The van der Waals surface area contributed by atoms with Gasteiger partial charge in [-0.25, -0.2) is 9.67 Å². The Kier molecular flexibility index (Phi) is 5.24. The highest BCUT2D eigenvalue weighted by molar-refractivity contribution is 5.15. The van der Waals surface area contributed by atoms with E-state index < -0.39 is 0 Å². The Morgan fingerprint density at radius 2 is 2.20 bits per heavy atom. The van der Waals surface area contributed by atoms with Crippen LogP contribution in [0.3, 0.4) is 0 Å². The normalized spacial score (nSPS) is 12.8. The summed E-state index contributed by atoms with van der Waals surface area (Å²) in [6.45, 7) is 8.31. The molecule has 1 unspecified atom stereocenters. The monoisotopic (exact) mass is 273 g/mol. The number of nitrogens with zero attached hydrogens (tertiary/aromatic N) is 4. The molecule has 5 nitrogen and oxygen atoms in total. The largest absolute Gasteiger partial charge is 0.310 e. The number of nitrogens with one attached hydrogen (secondary N) is 1. The van der Waals surface area contributed by atoms with E-state index in [1.54, 1.807) is 12.5 Å². The first-order valence-corrected chi connectivity index (χ1v) is 7.20. The Hall–Kier alpha value is -1.75. The van der Waals surface area contributed by atoms with Gasteiger partial charge in [0.05, 0.1) is 0 Å². The highest BCUT2D eigenvalue weighted by Crippen LogP contribution is 2.16. The average molecular weight is 273 g/mol. The molecular weight excluding hydrogens is 250 g/mol. The highest BCUT2D eigenvalue weighted by atomic mass is 15.3. The van der Waals surface area contributed by atoms with Crippen molar-refractivity contribution in [2.24, 2.45) is 5.92 Å². The Labute approximate surface area is 120 Å². The second-order valence-electron chi connectivity index (χ2n) is 5.35. The van der Waals surface area contributed by atoms with E-state index in [-0.39, 0.29) is 6.04 Å². The Balaban J connectivity index is 2.14. The van der Waals surface area contributed by atoms with Crippen LogP contribution < -0.4 is 5.32 Å². The number of hydrogen-bond donors (Lipinski definition) is 1. The predicted molar refractivity (Wildman–Crippen MR) is 79.2 cm³/mol. The molecule has 2 heterocycles. The maximum atomic E-state index is 4.41. The van der Waals surface area contributed by atoms with E-state index in [1.165, 1.54) is 5.56 Å². The molecule has 1 atom stereocenters. The van der Waals surface area contributed by atoms with Gasteiger partial charge in [0.25, 0.3) is 0 Å². The molecule has 20 heavy (non-hydrogen) atoms. The summed E-state index contributed by atoms with van der Waals surface area (Å²) in [6.07, 6.45) is 6.18. The van der Waals surface area contributed by atoms with Crippen molar-refractivity contribution in [3.05, 3.63) is 42.2 Å².